The number of nitrogens with zero attached hydrogens (tertiary/aromatic N) is 3. The van der Waals surface area contributed by atoms with E-state index in [1.807, 2.05) is 115 Å². The largest absolute Gasteiger partial charge is 0.369 e. The van der Waals surface area contributed by atoms with E-state index in [0.717, 1.165) is 44.1 Å². The van der Waals surface area contributed by atoms with Crippen molar-refractivity contribution in [3.05, 3.63) is 156 Å². The van der Waals surface area contributed by atoms with Crippen LogP contribution in [0.1, 0.15) is 27.7 Å². The normalized spacial score (nSPS) is 14.2. The van der Waals surface area contributed by atoms with Gasteiger partial charge in [-0.3, -0.25) is 9.69 Å². The minimum absolute atomic E-state index is 0.253. The molecule has 0 saturated heterocycles. The summed E-state index contributed by atoms with van der Waals surface area (Å²) in [6.07, 6.45) is -1.13. The van der Waals surface area contributed by atoms with Crippen LogP contribution in [0.15, 0.2) is 140 Å². The first kappa shape index (κ1) is 25.7. The van der Waals surface area contributed by atoms with Crippen LogP contribution < -0.4 is 4.90 Å². The fourth-order valence-corrected chi connectivity index (χ4v) is 6.58. The van der Waals surface area contributed by atoms with Crippen molar-refractivity contribution in [3.63, 3.8) is 0 Å². The molecule has 208 valence electrons. The number of hydrogen-bond acceptors (Lipinski definition) is 3. The van der Waals surface area contributed by atoms with Gasteiger partial charge in [-0.05, 0) is 53.1 Å². The fourth-order valence-electron chi connectivity index (χ4n) is 6.58. The van der Waals surface area contributed by atoms with Crippen LogP contribution in [0.5, 0.6) is 0 Å². The lowest BCUT2D eigenvalue weighted by Crippen LogP contribution is -2.28. The Hall–Kier alpha value is -5.96. The summed E-state index contributed by atoms with van der Waals surface area (Å²) in [5.41, 5.74) is 8.58. The van der Waals surface area contributed by atoms with Gasteiger partial charge in [0, 0.05) is 21.9 Å². The highest BCUT2D eigenvalue weighted by molar-refractivity contribution is 6.16. The number of carbonyl (C=O) groups excluding carboxylic acids is 1. The molecule has 5 nitrogen and oxygen atoms in total. The van der Waals surface area contributed by atoms with Gasteiger partial charge >= 0.3 is 0 Å². The van der Waals surface area contributed by atoms with Crippen molar-refractivity contribution in [2.75, 3.05) is 4.90 Å². The number of carbonyl (C=O) groups is 1. The monoisotopic (exact) mass is 567 g/mol. The van der Waals surface area contributed by atoms with Gasteiger partial charge in [-0.2, -0.15) is 5.26 Å². The van der Waals surface area contributed by atoms with E-state index in [2.05, 4.69) is 34.9 Å². The number of aliphatic hydroxyl groups is 1. The molecule has 6 aromatic carbocycles. The highest BCUT2D eigenvalue weighted by Crippen LogP contribution is 2.44. The van der Waals surface area contributed by atoms with Crippen LogP contribution in [-0.2, 0) is 0 Å². The number of anilines is 1. The Kier molecular flexibility index (Phi) is 5.90. The second-order valence-electron chi connectivity index (χ2n) is 10.9. The standard InChI is InChI=1S/C39H25N3O2/c40-24-27-13-4-5-14-28(27)26-21-22-35-32(23-26)30-16-7-9-19-34(30)41(35)36-20-10-17-31-37(36)39(44)42(38(31)43)33-18-8-6-15-29(33)25-11-2-1-3-12-25/h1-23,38,43H. The van der Waals surface area contributed by atoms with Crippen LogP contribution in [0.2, 0.25) is 0 Å². The molecule has 1 aromatic heterocycles. The number of hydrogen-bond donors (Lipinski definition) is 1. The van der Waals surface area contributed by atoms with Crippen LogP contribution in [0.4, 0.5) is 5.69 Å². The number of para-hydroxylation sites is 2. The van der Waals surface area contributed by atoms with E-state index in [9.17, 15) is 15.2 Å². The van der Waals surface area contributed by atoms with Crippen LogP contribution in [0.3, 0.4) is 0 Å². The predicted octanol–water partition coefficient (Wildman–Crippen LogP) is 8.64. The number of benzene rings is 6. The van der Waals surface area contributed by atoms with Gasteiger partial charge in [0.2, 0.25) is 0 Å². The van der Waals surface area contributed by atoms with Crippen LogP contribution >= 0.6 is 0 Å². The zero-order valence-corrected chi connectivity index (χ0v) is 23.6. The van der Waals surface area contributed by atoms with Gasteiger partial charge in [-0.25, -0.2) is 0 Å². The zero-order chi connectivity index (χ0) is 29.8. The Morgan fingerprint density at radius 2 is 1.30 bits per heavy atom. The molecule has 0 radical (unpaired) electrons. The quantitative estimate of drug-likeness (QED) is 0.231. The average Bonchev–Trinajstić information content (AvgIpc) is 3.55. The fraction of sp³-hybridized carbons (Fsp3) is 0.0256. The van der Waals surface area contributed by atoms with Gasteiger partial charge in [0.25, 0.3) is 5.91 Å². The molecule has 2 heterocycles. The average molecular weight is 568 g/mol. The van der Waals surface area contributed by atoms with Crippen molar-refractivity contribution in [1.29, 1.82) is 5.26 Å². The van der Waals surface area contributed by atoms with Crippen LogP contribution in [-0.4, -0.2) is 15.6 Å². The molecule has 8 rings (SSSR count). The number of fused-ring (bicyclic) bond motifs is 4. The smallest absolute Gasteiger partial charge is 0.263 e. The molecule has 1 N–H and O–H groups in total. The van der Waals surface area contributed by atoms with Crippen LogP contribution in [0.25, 0.3) is 49.7 Å². The molecule has 0 saturated carbocycles. The molecule has 44 heavy (non-hydrogen) atoms. The summed E-state index contributed by atoms with van der Waals surface area (Å²) in [7, 11) is 0. The van der Waals surface area contributed by atoms with Gasteiger partial charge in [0.05, 0.1) is 39.6 Å². The Morgan fingerprint density at radius 3 is 2.14 bits per heavy atom. The molecule has 0 fully saturated rings. The first-order valence-electron chi connectivity index (χ1n) is 14.5. The SMILES string of the molecule is N#Cc1ccccc1-c1ccc2c(c1)c1ccccc1n2-c1cccc2c1C(=O)N(c1ccccc1-c1ccccc1)C2O. The van der Waals surface area contributed by atoms with Crippen molar-refractivity contribution >= 4 is 33.4 Å². The van der Waals surface area contributed by atoms with Gasteiger partial charge in [0.1, 0.15) is 0 Å². The lowest BCUT2D eigenvalue weighted by atomic mass is 9.98. The van der Waals surface area contributed by atoms with Gasteiger partial charge in [-0.15, -0.1) is 0 Å². The maximum atomic E-state index is 14.4. The van der Waals surface area contributed by atoms with E-state index in [0.29, 0.717) is 28.1 Å². The van der Waals surface area contributed by atoms with E-state index in [1.54, 1.807) is 0 Å². The molecule has 1 atom stereocenters. The molecular formula is C39H25N3O2. The minimum Gasteiger partial charge on any atom is -0.369 e. The maximum Gasteiger partial charge on any atom is 0.263 e. The lowest BCUT2D eigenvalue weighted by molar-refractivity contribution is 0.0935. The molecule has 1 aliphatic heterocycles. The number of aliphatic hydroxyl groups excluding tert-OH is 1. The van der Waals surface area contributed by atoms with Gasteiger partial charge < -0.3 is 9.67 Å². The zero-order valence-electron chi connectivity index (χ0n) is 23.6. The summed E-state index contributed by atoms with van der Waals surface area (Å²) >= 11 is 0. The molecule has 0 spiro atoms. The predicted molar refractivity (Wildman–Crippen MR) is 175 cm³/mol. The summed E-state index contributed by atoms with van der Waals surface area (Å²) in [6, 6.07) is 47.5. The third-order valence-corrected chi connectivity index (χ3v) is 8.55. The number of nitriles is 1. The topological polar surface area (TPSA) is 69.3 Å². The lowest BCUT2D eigenvalue weighted by Gasteiger charge is -2.24. The van der Waals surface area contributed by atoms with Gasteiger partial charge in [-0.1, -0.05) is 103 Å². The number of amides is 1. The van der Waals surface area contributed by atoms with E-state index in [1.165, 1.54) is 4.90 Å². The second kappa shape index (κ2) is 10.1. The summed E-state index contributed by atoms with van der Waals surface area (Å²) in [5.74, 6) is -0.253. The van der Waals surface area contributed by atoms with E-state index >= 15 is 0 Å². The second-order valence-corrected chi connectivity index (χ2v) is 10.9. The summed E-state index contributed by atoms with van der Waals surface area (Å²) in [5, 5.41) is 23.4. The molecule has 1 aliphatic rings. The van der Waals surface area contributed by atoms with Crippen molar-refractivity contribution in [3.8, 4) is 34.0 Å². The van der Waals surface area contributed by atoms with Crippen molar-refractivity contribution < 1.29 is 9.90 Å². The van der Waals surface area contributed by atoms with Crippen molar-refractivity contribution in [2.45, 2.75) is 6.23 Å². The van der Waals surface area contributed by atoms with E-state index < -0.39 is 6.23 Å². The summed E-state index contributed by atoms with van der Waals surface area (Å²) in [4.78, 5) is 15.9. The van der Waals surface area contributed by atoms with E-state index in [4.69, 9.17) is 0 Å². The summed E-state index contributed by atoms with van der Waals surface area (Å²) < 4.78 is 2.11. The molecule has 0 aliphatic carbocycles. The van der Waals surface area contributed by atoms with Crippen LogP contribution in [0, 0.1) is 11.3 Å². The third-order valence-electron chi connectivity index (χ3n) is 8.55. The third kappa shape index (κ3) is 3.79. The summed E-state index contributed by atoms with van der Waals surface area (Å²) in [6.45, 7) is 0. The number of rotatable bonds is 4. The Labute approximate surface area is 254 Å². The minimum atomic E-state index is -1.13. The van der Waals surface area contributed by atoms with Crippen molar-refractivity contribution in [2.24, 2.45) is 0 Å². The maximum absolute atomic E-state index is 14.4. The first-order valence-corrected chi connectivity index (χ1v) is 14.5. The molecule has 1 unspecified atom stereocenters. The van der Waals surface area contributed by atoms with Crippen molar-refractivity contribution in [1.82, 2.24) is 4.57 Å². The molecule has 5 heteroatoms. The highest BCUT2D eigenvalue weighted by Gasteiger charge is 2.40. The Morgan fingerprint density at radius 1 is 0.614 bits per heavy atom. The van der Waals surface area contributed by atoms with E-state index in [-0.39, 0.29) is 5.91 Å². The number of aromatic nitrogens is 1. The first-order chi connectivity index (χ1) is 21.7. The van der Waals surface area contributed by atoms with Gasteiger partial charge in [0.15, 0.2) is 6.23 Å². The highest BCUT2D eigenvalue weighted by atomic mass is 16.3. The Balaban J connectivity index is 1.33. The molecular weight excluding hydrogens is 542 g/mol. The molecule has 1 amide bonds. The Bertz CT molecular complexity index is 2300. The molecule has 7 aromatic rings. The molecule has 0 bridgehead atoms.